The topological polar surface area (TPSA) is 68.2 Å². The Morgan fingerprint density at radius 3 is 2.42 bits per heavy atom. The number of pyridine rings is 1. The lowest BCUT2D eigenvalue weighted by atomic mass is 10.3. The molecule has 0 aliphatic heterocycles. The van der Waals surface area contributed by atoms with Crippen LogP contribution >= 0.6 is 0 Å². The summed E-state index contributed by atoms with van der Waals surface area (Å²) in [6, 6.07) is 10.7. The molecule has 0 radical (unpaired) electrons. The van der Waals surface area contributed by atoms with E-state index in [-0.39, 0.29) is 12.5 Å². The van der Waals surface area contributed by atoms with E-state index >= 15 is 0 Å². The van der Waals surface area contributed by atoms with Crippen LogP contribution in [0.1, 0.15) is 0 Å². The molecule has 98 valence electrons. The molecule has 0 unspecified atom stereocenters. The van der Waals surface area contributed by atoms with E-state index in [1.165, 1.54) is 0 Å². The van der Waals surface area contributed by atoms with Crippen molar-refractivity contribution < 1.29 is 14.1 Å². The first-order valence-electron chi connectivity index (χ1n) is 5.86. The zero-order valence-electron chi connectivity index (χ0n) is 10.7. The van der Waals surface area contributed by atoms with Crippen molar-refractivity contribution >= 4 is 17.3 Å². The van der Waals surface area contributed by atoms with Gasteiger partial charge in [-0.3, -0.25) is 4.79 Å². The predicted molar refractivity (Wildman–Crippen MR) is 72.7 cm³/mol. The summed E-state index contributed by atoms with van der Waals surface area (Å²) in [7, 11) is 1.60. The molecule has 0 aliphatic carbocycles. The highest BCUT2D eigenvalue weighted by molar-refractivity contribution is 5.89. The van der Waals surface area contributed by atoms with Crippen LogP contribution in [0.5, 0.6) is 5.75 Å². The fraction of sp³-hybridized carbons (Fsp3) is 0.143. The number of methoxy groups -OCH3 is 1. The third-order valence-corrected chi connectivity index (χ3v) is 2.62. The Morgan fingerprint density at radius 1 is 1.21 bits per heavy atom. The molecule has 3 N–H and O–H groups in total. The molecule has 5 nitrogen and oxygen atoms in total. The second-order valence-electron chi connectivity index (χ2n) is 4.08. The number of carbonyl (C=O) groups excluding carboxylic acids is 1. The van der Waals surface area contributed by atoms with Gasteiger partial charge in [-0.2, -0.15) is 4.57 Å². The molecule has 1 aromatic heterocycles. The molecule has 0 bridgehead atoms. The van der Waals surface area contributed by atoms with Gasteiger partial charge in [0.2, 0.25) is 6.54 Å². The van der Waals surface area contributed by atoms with Crippen molar-refractivity contribution in [3.63, 3.8) is 0 Å². The number of aromatic nitrogens is 1. The van der Waals surface area contributed by atoms with Crippen LogP contribution in [-0.2, 0) is 11.3 Å². The van der Waals surface area contributed by atoms with Crippen LogP contribution in [0.25, 0.3) is 0 Å². The number of amides is 1. The van der Waals surface area contributed by atoms with Crippen molar-refractivity contribution in [1.82, 2.24) is 0 Å². The van der Waals surface area contributed by atoms with Gasteiger partial charge in [0.25, 0.3) is 5.91 Å². The number of ether oxygens (including phenoxy) is 1. The van der Waals surface area contributed by atoms with E-state index in [0.717, 1.165) is 11.4 Å². The molecule has 0 spiro atoms. The molecule has 0 fully saturated rings. The lowest BCUT2D eigenvalue weighted by Crippen LogP contribution is -2.39. The third kappa shape index (κ3) is 3.70. The zero-order valence-corrected chi connectivity index (χ0v) is 10.7. The first-order chi connectivity index (χ1) is 9.17. The summed E-state index contributed by atoms with van der Waals surface area (Å²) in [6.07, 6.45) is 3.53. The lowest BCUT2D eigenvalue weighted by Gasteiger charge is -2.04. The number of anilines is 2. The van der Waals surface area contributed by atoms with E-state index in [0.29, 0.717) is 5.69 Å². The molecular formula is C14H16N3O2+. The zero-order chi connectivity index (χ0) is 13.7. The Kier molecular flexibility index (Phi) is 3.97. The minimum Gasteiger partial charge on any atom is -0.497 e. The van der Waals surface area contributed by atoms with Crippen LogP contribution in [-0.4, -0.2) is 13.0 Å². The molecule has 2 aromatic rings. The molecule has 1 aromatic carbocycles. The summed E-state index contributed by atoms with van der Waals surface area (Å²) < 4.78 is 6.81. The van der Waals surface area contributed by atoms with Gasteiger partial charge >= 0.3 is 0 Å². The van der Waals surface area contributed by atoms with Crippen molar-refractivity contribution in [2.75, 3.05) is 18.2 Å². The quantitative estimate of drug-likeness (QED) is 0.810. The summed E-state index contributed by atoms with van der Waals surface area (Å²) in [4.78, 5) is 11.8. The van der Waals surface area contributed by atoms with Crippen molar-refractivity contribution in [3.05, 3.63) is 48.8 Å². The highest BCUT2D eigenvalue weighted by Gasteiger charge is 2.09. The highest BCUT2D eigenvalue weighted by atomic mass is 16.5. The smallest absolute Gasteiger partial charge is 0.290 e. The fourth-order valence-corrected chi connectivity index (χ4v) is 1.61. The van der Waals surface area contributed by atoms with Crippen molar-refractivity contribution in [1.29, 1.82) is 0 Å². The standard InChI is InChI=1S/C14H15N3O2/c1-19-13-4-2-12(3-5-13)16-14(18)10-17-8-6-11(15)7-9-17/h2-9,15H,10H2,1H3,(H,16,18)/p+1. The van der Waals surface area contributed by atoms with E-state index in [1.54, 1.807) is 60.5 Å². The SMILES string of the molecule is COc1ccc(NC(=O)C[n+]2ccc(N)cc2)cc1. The number of benzene rings is 1. The van der Waals surface area contributed by atoms with E-state index in [2.05, 4.69) is 5.32 Å². The third-order valence-electron chi connectivity index (χ3n) is 2.62. The fourth-order valence-electron chi connectivity index (χ4n) is 1.61. The molecule has 0 saturated carbocycles. The first-order valence-corrected chi connectivity index (χ1v) is 5.86. The lowest BCUT2D eigenvalue weighted by molar-refractivity contribution is -0.684. The van der Waals surface area contributed by atoms with Crippen molar-refractivity contribution in [2.24, 2.45) is 0 Å². The van der Waals surface area contributed by atoms with Crippen LogP contribution in [0.3, 0.4) is 0 Å². The second-order valence-corrected chi connectivity index (χ2v) is 4.08. The normalized spacial score (nSPS) is 9.95. The molecule has 5 heteroatoms. The number of nitrogens with zero attached hydrogens (tertiary/aromatic N) is 1. The molecule has 0 atom stereocenters. The van der Waals surface area contributed by atoms with E-state index in [9.17, 15) is 4.79 Å². The minimum atomic E-state index is -0.0973. The van der Waals surface area contributed by atoms with Crippen LogP contribution in [0, 0.1) is 0 Å². The largest absolute Gasteiger partial charge is 0.497 e. The Balaban J connectivity index is 1.95. The maximum atomic E-state index is 11.8. The molecule has 19 heavy (non-hydrogen) atoms. The van der Waals surface area contributed by atoms with Gasteiger partial charge in [-0.25, -0.2) is 0 Å². The van der Waals surface area contributed by atoms with Gasteiger partial charge < -0.3 is 15.8 Å². The van der Waals surface area contributed by atoms with E-state index in [1.807, 2.05) is 0 Å². The van der Waals surface area contributed by atoms with Crippen LogP contribution in [0.4, 0.5) is 11.4 Å². The highest BCUT2D eigenvalue weighted by Crippen LogP contribution is 2.14. The average Bonchev–Trinajstić information content (AvgIpc) is 2.42. The summed E-state index contributed by atoms with van der Waals surface area (Å²) in [5, 5.41) is 2.81. The average molecular weight is 258 g/mol. The van der Waals surface area contributed by atoms with Crippen molar-refractivity contribution in [2.45, 2.75) is 6.54 Å². The van der Waals surface area contributed by atoms with Crippen LogP contribution < -0.4 is 20.4 Å². The number of nitrogens with one attached hydrogen (secondary N) is 1. The van der Waals surface area contributed by atoms with Gasteiger partial charge in [-0.15, -0.1) is 0 Å². The number of carbonyl (C=O) groups is 1. The van der Waals surface area contributed by atoms with E-state index in [4.69, 9.17) is 10.5 Å². The summed E-state index contributed by atoms with van der Waals surface area (Å²) in [6.45, 7) is 0.242. The van der Waals surface area contributed by atoms with Gasteiger partial charge in [0.1, 0.15) is 5.75 Å². The number of nitrogen functional groups attached to an aromatic ring is 1. The first kappa shape index (κ1) is 12.9. The Labute approximate surface area is 111 Å². The molecule has 1 amide bonds. The number of nitrogens with two attached hydrogens (primary N) is 1. The van der Waals surface area contributed by atoms with Crippen LogP contribution in [0.2, 0.25) is 0 Å². The monoisotopic (exact) mass is 258 g/mol. The molecular weight excluding hydrogens is 242 g/mol. The summed E-state index contributed by atoms with van der Waals surface area (Å²) in [5.41, 5.74) is 6.99. The van der Waals surface area contributed by atoms with Crippen molar-refractivity contribution in [3.8, 4) is 5.75 Å². The Hall–Kier alpha value is -2.56. The predicted octanol–water partition coefficient (Wildman–Crippen LogP) is 1.20. The number of hydrogen-bond donors (Lipinski definition) is 2. The summed E-state index contributed by atoms with van der Waals surface area (Å²) in [5.74, 6) is 0.658. The maximum absolute atomic E-state index is 11.8. The van der Waals surface area contributed by atoms with Gasteiger partial charge in [0, 0.05) is 23.5 Å². The molecule has 1 heterocycles. The summed E-state index contributed by atoms with van der Waals surface area (Å²) >= 11 is 0. The Morgan fingerprint density at radius 2 is 1.84 bits per heavy atom. The van der Waals surface area contributed by atoms with Gasteiger partial charge in [0.15, 0.2) is 12.4 Å². The molecule has 0 saturated heterocycles. The minimum absolute atomic E-state index is 0.0973. The van der Waals surface area contributed by atoms with Gasteiger partial charge in [-0.05, 0) is 24.3 Å². The number of hydrogen-bond acceptors (Lipinski definition) is 3. The molecule has 2 rings (SSSR count). The maximum Gasteiger partial charge on any atom is 0.290 e. The Bertz CT molecular complexity index is 550. The number of rotatable bonds is 4. The van der Waals surface area contributed by atoms with Gasteiger partial charge in [-0.1, -0.05) is 0 Å². The molecule has 0 aliphatic rings. The van der Waals surface area contributed by atoms with Crippen LogP contribution in [0.15, 0.2) is 48.8 Å². The van der Waals surface area contributed by atoms with E-state index < -0.39 is 0 Å². The van der Waals surface area contributed by atoms with Gasteiger partial charge in [0.05, 0.1) is 7.11 Å². The second kappa shape index (κ2) is 5.86.